The molecular formula is C16H18N2O2S. The maximum Gasteiger partial charge on any atom is 0.312 e. The standard InChI is InChI=1S/C16H18N2O2S/c1-2-20-16(19)10-15-17-13-8-9-18(11-14(13)21-15)12-6-4-3-5-7-12/h3-7H,2,8-11H2,1H3. The van der Waals surface area contributed by atoms with Crippen molar-refractivity contribution in [2.24, 2.45) is 0 Å². The van der Waals surface area contributed by atoms with E-state index in [9.17, 15) is 4.79 Å². The summed E-state index contributed by atoms with van der Waals surface area (Å²) in [7, 11) is 0. The molecule has 2 heterocycles. The van der Waals surface area contributed by atoms with E-state index in [1.807, 2.05) is 13.0 Å². The number of para-hydroxylation sites is 1. The lowest BCUT2D eigenvalue weighted by Crippen LogP contribution is -2.29. The number of aromatic nitrogens is 1. The maximum absolute atomic E-state index is 11.5. The van der Waals surface area contributed by atoms with E-state index in [4.69, 9.17) is 4.74 Å². The molecule has 5 heteroatoms. The van der Waals surface area contributed by atoms with Gasteiger partial charge in [-0.2, -0.15) is 0 Å². The van der Waals surface area contributed by atoms with Gasteiger partial charge in [0.15, 0.2) is 0 Å². The highest BCUT2D eigenvalue weighted by molar-refractivity contribution is 7.11. The zero-order chi connectivity index (χ0) is 14.7. The number of carbonyl (C=O) groups is 1. The number of fused-ring (bicyclic) bond motifs is 1. The van der Waals surface area contributed by atoms with E-state index in [0.717, 1.165) is 30.2 Å². The summed E-state index contributed by atoms with van der Waals surface area (Å²) in [6.45, 7) is 4.09. The topological polar surface area (TPSA) is 42.4 Å². The molecule has 0 aliphatic carbocycles. The fraction of sp³-hybridized carbons (Fsp3) is 0.375. The van der Waals surface area contributed by atoms with Gasteiger partial charge >= 0.3 is 5.97 Å². The van der Waals surface area contributed by atoms with Crippen molar-refractivity contribution in [1.82, 2.24) is 4.98 Å². The van der Waals surface area contributed by atoms with E-state index in [1.165, 1.54) is 10.6 Å². The maximum atomic E-state index is 11.5. The summed E-state index contributed by atoms with van der Waals surface area (Å²) in [6.07, 6.45) is 1.22. The van der Waals surface area contributed by atoms with Crippen LogP contribution in [-0.4, -0.2) is 24.1 Å². The van der Waals surface area contributed by atoms with Crippen LogP contribution in [0.2, 0.25) is 0 Å². The molecule has 0 atom stereocenters. The van der Waals surface area contributed by atoms with E-state index in [0.29, 0.717) is 6.61 Å². The van der Waals surface area contributed by atoms with E-state index in [-0.39, 0.29) is 12.4 Å². The second kappa shape index (κ2) is 6.26. The van der Waals surface area contributed by atoms with Crippen LogP contribution in [0.1, 0.15) is 22.5 Å². The Hall–Kier alpha value is -1.88. The molecule has 0 amide bonds. The van der Waals surface area contributed by atoms with Crippen LogP contribution in [0.25, 0.3) is 0 Å². The predicted octanol–water partition coefficient (Wildman–Crippen LogP) is 2.81. The molecule has 4 nitrogen and oxygen atoms in total. The van der Waals surface area contributed by atoms with Crippen LogP contribution in [-0.2, 0) is 28.9 Å². The number of nitrogens with zero attached hydrogens (tertiary/aromatic N) is 2. The van der Waals surface area contributed by atoms with Gasteiger partial charge in [-0.25, -0.2) is 4.98 Å². The Kier molecular flexibility index (Phi) is 4.20. The van der Waals surface area contributed by atoms with Gasteiger partial charge in [-0.05, 0) is 19.1 Å². The molecule has 0 spiro atoms. The lowest BCUT2D eigenvalue weighted by Gasteiger charge is -2.28. The van der Waals surface area contributed by atoms with Crippen LogP contribution in [0, 0.1) is 0 Å². The molecule has 1 aliphatic heterocycles. The first-order valence-corrected chi connectivity index (χ1v) is 8.01. The van der Waals surface area contributed by atoms with Crippen molar-refractivity contribution in [3.8, 4) is 0 Å². The van der Waals surface area contributed by atoms with Gasteiger partial charge in [0.05, 0.1) is 25.3 Å². The summed E-state index contributed by atoms with van der Waals surface area (Å²) in [5.74, 6) is -0.191. The summed E-state index contributed by atoms with van der Waals surface area (Å²) < 4.78 is 4.99. The third-order valence-electron chi connectivity index (χ3n) is 3.50. The van der Waals surface area contributed by atoms with Crippen molar-refractivity contribution < 1.29 is 9.53 Å². The molecule has 0 bridgehead atoms. The molecule has 0 fully saturated rings. The number of benzene rings is 1. The van der Waals surface area contributed by atoms with E-state index in [1.54, 1.807) is 11.3 Å². The summed E-state index contributed by atoms with van der Waals surface area (Å²) >= 11 is 1.63. The Morgan fingerprint density at radius 3 is 2.95 bits per heavy atom. The van der Waals surface area contributed by atoms with Gasteiger partial charge in [-0.1, -0.05) is 18.2 Å². The molecule has 0 N–H and O–H groups in total. The zero-order valence-electron chi connectivity index (χ0n) is 12.0. The summed E-state index contributed by atoms with van der Waals surface area (Å²) in [4.78, 5) is 19.8. The smallest absolute Gasteiger partial charge is 0.312 e. The molecule has 3 rings (SSSR count). The van der Waals surface area contributed by atoms with E-state index >= 15 is 0 Å². The first-order valence-electron chi connectivity index (χ1n) is 7.19. The number of esters is 1. The first-order chi connectivity index (χ1) is 10.3. The lowest BCUT2D eigenvalue weighted by atomic mass is 10.1. The van der Waals surface area contributed by atoms with Gasteiger partial charge in [0.25, 0.3) is 0 Å². The largest absolute Gasteiger partial charge is 0.466 e. The van der Waals surface area contributed by atoms with Crippen molar-refractivity contribution in [2.75, 3.05) is 18.1 Å². The number of thiazole rings is 1. The Morgan fingerprint density at radius 2 is 2.19 bits per heavy atom. The average molecular weight is 302 g/mol. The molecule has 110 valence electrons. The van der Waals surface area contributed by atoms with E-state index < -0.39 is 0 Å². The summed E-state index contributed by atoms with van der Waals surface area (Å²) in [5, 5.41) is 0.869. The molecule has 1 aliphatic rings. The van der Waals surface area contributed by atoms with Gasteiger partial charge in [0.1, 0.15) is 5.01 Å². The molecule has 21 heavy (non-hydrogen) atoms. The normalized spacial score (nSPS) is 13.9. The summed E-state index contributed by atoms with van der Waals surface area (Å²) in [5.41, 5.74) is 2.38. The molecule has 2 aromatic rings. The van der Waals surface area contributed by atoms with Crippen LogP contribution < -0.4 is 4.90 Å². The van der Waals surface area contributed by atoms with Crippen LogP contribution in [0.4, 0.5) is 5.69 Å². The SMILES string of the molecule is CCOC(=O)Cc1nc2c(s1)CN(c1ccccc1)CC2. The highest BCUT2D eigenvalue weighted by Gasteiger charge is 2.21. The van der Waals surface area contributed by atoms with E-state index in [2.05, 4.69) is 34.1 Å². The second-order valence-electron chi connectivity index (χ2n) is 4.97. The molecule has 1 aromatic carbocycles. The number of rotatable bonds is 4. The monoisotopic (exact) mass is 302 g/mol. The van der Waals surface area contributed by atoms with Crippen molar-refractivity contribution in [2.45, 2.75) is 26.3 Å². The van der Waals surface area contributed by atoms with Gasteiger partial charge in [0.2, 0.25) is 0 Å². The Labute approximate surface area is 128 Å². The van der Waals surface area contributed by atoms with Crippen molar-refractivity contribution in [3.63, 3.8) is 0 Å². The Balaban J connectivity index is 1.72. The predicted molar refractivity (Wildman–Crippen MR) is 83.6 cm³/mol. The molecule has 0 saturated carbocycles. The van der Waals surface area contributed by atoms with Crippen LogP contribution in [0.3, 0.4) is 0 Å². The van der Waals surface area contributed by atoms with Gasteiger partial charge in [-0.3, -0.25) is 4.79 Å². The first kappa shape index (κ1) is 14.1. The van der Waals surface area contributed by atoms with Gasteiger partial charge < -0.3 is 9.64 Å². The number of hydrogen-bond acceptors (Lipinski definition) is 5. The number of ether oxygens (including phenoxy) is 1. The van der Waals surface area contributed by atoms with Crippen LogP contribution in [0.5, 0.6) is 0 Å². The quantitative estimate of drug-likeness (QED) is 0.815. The molecule has 0 unspecified atom stereocenters. The third-order valence-corrected chi connectivity index (χ3v) is 4.58. The van der Waals surface area contributed by atoms with Crippen LogP contribution in [0.15, 0.2) is 30.3 Å². The average Bonchev–Trinajstić information content (AvgIpc) is 2.89. The van der Waals surface area contributed by atoms with Crippen molar-refractivity contribution >= 4 is 23.0 Å². The fourth-order valence-corrected chi connectivity index (χ4v) is 3.64. The number of hydrogen-bond donors (Lipinski definition) is 0. The molecular weight excluding hydrogens is 284 g/mol. The van der Waals surface area contributed by atoms with Gasteiger partial charge in [-0.15, -0.1) is 11.3 Å². The highest BCUT2D eigenvalue weighted by atomic mass is 32.1. The highest BCUT2D eigenvalue weighted by Crippen LogP contribution is 2.28. The number of carbonyl (C=O) groups excluding carboxylic acids is 1. The van der Waals surface area contributed by atoms with Crippen molar-refractivity contribution in [1.29, 1.82) is 0 Å². The minimum atomic E-state index is -0.191. The second-order valence-corrected chi connectivity index (χ2v) is 6.13. The number of anilines is 1. The van der Waals surface area contributed by atoms with Crippen molar-refractivity contribution in [3.05, 3.63) is 45.9 Å². The zero-order valence-corrected chi connectivity index (χ0v) is 12.9. The third kappa shape index (κ3) is 3.24. The minimum absolute atomic E-state index is 0.191. The Bertz CT molecular complexity index is 624. The molecule has 0 saturated heterocycles. The Morgan fingerprint density at radius 1 is 1.38 bits per heavy atom. The molecule has 0 radical (unpaired) electrons. The van der Waals surface area contributed by atoms with Gasteiger partial charge in [0, 0.05) is 23.5 Å². The lowest BCUT2D eigenvalue weighted by molar-refractivity contribution is -0.142. The fourth-order valence-electron chi connectivity index (χ4n) is 2.52. The summed E-state index contributed by atoms with van der Waals surface area (Å²) in [6, 6.07) is 10.4. The van der Waals surface area contributed by atoms with Crippen LogP contribution >= 0.6 is 11.3 Å². The molecule has 1 aromatic heterocycles. The minimum Gasteiger partial charge on any atom is -0.466 e.